The summed E-state index contributed by atoms with van der Waals surface area (Å²) in [6.07, 6.45) is 1.84. The molecule has 0 atom stereocenters. The van der Waals surface area contributed by atoms with Crippen molar-refractivity contribution in [2.24, 2.45) is 0 Å². The van der Waals surface area contributed by atoms with E-state index in [-0.39, 0.29) is 6.61 Å². The zero-order valence-electron chi connectivity index (χ0n) is 10.4. The molecule has 1 aromatic heterocycles. The van der Waals surface area contributed by atoms with Gasteiger partial charge in [-0.25, -0.2) is 9.78 Å². The predicted octanol–water partition coefficient (Wildman–Crippen LogP) is 4.44. The van der Waals surface area contributed by atoms with Crippen molar-refractivity contribution in [3.05, 3.63) is 33.8 Å². The summed E-state index contributed by atoms with van der Waals surface area (Å²) < 4.78 is 5.02. The van der Waals surface area contributed by atoms with Gasteiger partial charge in [0.25, 0.3) is 0 Å². The van der Waals surface area contributed by atoms with E-state index in [0.29, 0.717) is 31.5 Å². The maximum absolute atomic E-state index is 12.0. The molecule has 0 aliphatic heterocycles. The Kier molecular flexibility index (Phi) is 4.55. The van der Waals surface area contributed by atoms with E-state index in [1.807, 2.05) is 6.26 Å². The average molecular weight is 316 g/mol. The molecule has 0 aliphatic carbocycles. The molecule has 0 unspecified atom stereocenters. The van der Waals surface area contributed by atoms with Crippen LogP contribution in [-0.2, 0) is 4.74 Å². The summed E-state index contributed by atoms with van der Waals surface area (Å²) in [6, 6.07) is 5.21. The lowest BCUT2D eigenvalue weighted by Crippen LogP contribution is -2.08. The zero-order valence-corrected chi connectivity index (χ0v) is 12.7. The van der Waals surface area contributed by atoms with E-state index < -0.39 is 5.97 Å². The number of aromatic nitrogens is 1. The molecule has 2 rings (SSSR count). The van der Waals surface area contributed by atoms with Gasteiger partial charge in [-0.1, -0.05) is 23.2 Å². The largest absolute Gasteiger partial charge is 0.462 e. The van der Waals surface area contributed by atoms with E-state index in [2.05, 4.69) is 4.98 Å². The number of nitrogens with zero attached hydrogens (tertiary/aromatic N) is 1. The molecule has 0 fully saturated rings. The first-order valence-electron chi connectivity index (χ1n) is 5.58. The highest BCUT2D eigenvalue weighted by atomic mass is 35.5. The van der Waals surface area contributed by atoms with Gasteiger partial charge in [0.1, 0.15) is 10.6 Å². The van der Waals surface area contributed by atoms with E-state index in [0.717, 1.165) is 0 Å². The quantitative estimate of drug-likeness (QED) is 0.620. The molecule has 3 nitrogen and oxygen atoms in total. The van der Waals surface area contributed by atoms with Crippen LogP contribution < -0.4 is 0 Å². The Balaban J connectivity index is 2.73. The van der Waals surface area contributed by atoms with E-state index in [1.54, 1.807) is 25.1 Å². The summed E-state index contributed by atoms with van der Waals surface area (Å²) in [7, 11) is 0. The third kappa shape index (κ3) is 2.81. The van der Waals surface area contributed by atoms with Crippen molar-refractivity contribution in [2.75, 3.05) is 12.9 Å². The van der Waals surface area contributed by atoms with Gasteiger partial charge in [-0.15, -0.1) is 11.8 Å². The minimum atomic E-state index is -0.466. The van der Waals surface area contributed by atoms with E-state index >= 15 is 0 Å². The molecule has 1 heterocycles. The average Bonchev–Trinajstić information content (AvgIpc) is 2.39. The summed E-state index contributed by atoms with van der Waals surface area (Å²) in [4.78, 5) is 16.4. The van der Waals surface area contributed by atoms with Crippen molar-refractivity contribution < 1.29 is 9.53 Å². The van der Waals surface area contributed by atoms with Gasteiger partial charge >= 0.3 is 5.97 Å². The van der Waals surface area contributed by atoms with Crippen LogP contribution in [0.1, 0.15) is 17.3 Å². The fourth-order valence-corrected chi connectivity index (χ4v) is 2.83. The molecule has 1 aromatic carbocycles. The molecule has 0 amide bonds. The second kappa shape index (κ2) is 5.99. The summed E-state index contributed by atoms with van der Waals surface area (Å²) in [5.41, 5.74) is 0.998. The van der Waals surface area contributed by atoms with Gasteiger partial charge < -0.3 is 4.74 Å². The number of pyridine rings is 1. The van der Waals surface area contributed by atoms with Crippen LogP contribution >= 0.6 is 35.0 Å². The van der Waals surface area contributed by atoms with Gasteiger partial charge in [-0.2, -0.15) is 0 Å². The number of thioether (sulfide) groups is 1. The van der Waals surface area contributed by atoms with Gasteiger partial charge in [0.2, 0.25) is 0 Å². The lowest BCUT2D eigenvalue weighted by Gasteiger charge is -2.11. The monoisotopic (exact) mass is 315 g/mol. The molecule has 100 valence electrons. The number of halogens is 2. The third-order valence-electron chi connectivity index (χ3n) is 2.52. The van der Waals surface area contributed by atoms with Crippen molar-refractivity contribution in [3.8, 4) is 0 Å². The summed E-state index contributed by atoms with van der Waals surface area (Å²) in [6.45, 7) is 2.03. The highest BCUT2D eigenvalue weighted by Crippen LogP contribution is 2.34. The van der Waals surface area contributed by atoms with Crippen molar-refractivity contribution in [2.45, 2.75) is 11.9 Å². The molecule has 0 saturated carbocycles. The highest BCUT2D eigenvalue weighted by Gasteiger charge is 2.21. The molecule has 0 saturated heterocycles. The lowest BCUT2D eigenvalue weighted by molar-refractivity contribution is 0.0522. The Bertz CT molecular complexity index is 646. The molecular formula is C13H11Cl2NO2S. The van der Waals surface area contributed by atoms with Gasteiger partial charge in [-0.3, -0.25) is 0 Å². The minimum Gasteiger partial charge on any atom is -0.462 e. The summed E-state index contributed by atoms with van der Waals surface area (Å²) >= 11 is 13.6. The van der Waals surface area contributed by atoms with E-state index in [4.69, 9.17) is 27.9 Å². The molecule has 0 bridgehead atoms. The molecular weight excluding hydrogens is 305 g/mol. The third-order valence-corrected chi connectivity index (χ3v) is 3.83. The topological polar surface area (TPSA) is 39.2 Å². The van der Waals surface area contributed by atoms with Crippen LogP contribution in [0.2, 0.25) is 10.0 Å². The Morgan fingerprint density at radius 2 is 2.16 bits per heavy atom. The summed E-state index contributed by atoms with van der Waals surface area (Å²) in [5.74, 6) is -0.466. The number of carbonyl (C=O) groups excluding carboxylic acids is 1. The Hall–Kier alpha value is -0.970. The van der Waals surface area contributed by atoms with Gasteiger partial charge in [0.15, 0.2) is 0 Å². The second-order valence-corrected chi connectivity index (χ2v) is 5.30. The molecule has 19 heavy (non-hydrogen) atoms. The number of fused-ring (bicyclic) bond motifs is 1. The van der Waals surface area contributed by atoms with Crippen LogP contribution in [0.4, 0.5) is 0 Å². The van der Waals surface area contributed by atoms with E-state index in [9.17, 15) is 4.79 Å². The number of hydrogen-bond acceptors (Lipinski definition) is 4. The number of benzene rings is 1. The van der Waals surface area contributed by atoms with E-state index in [1.165, 1.54) is 11.8 Å². The molecule has 0 radical (unpaired) electrons. The molecule has 0 N–H and O–H groups in total. The Labute approximate surface area is 125 Å². The van der Waals surface area contributed by atoms with Crippen LogP contribution in [0.25, 0.3) is 10.9 Å². The normalized spacial score (nSPS) is 10.7. The van der Waals surface area contributed by atoms with Gasteiger partial charge in [-0.05, 0) is 31.4 Å². The van der Waals surface area contributed by atoms with Crippen molar-refractivity contribution in [1.29, 1.82) is 0 Å². The van der Waals surface area contributed by atoms with Gasteiger partial charge in [0, 0.05) is 10.4 Å². The van der Waals surface area contributed by atoms with Crippen LogP contribution in [0.3, 0.4) is 0 Å². The fourth-order valence-electron chi connectivity index (χ4n) is 1.70. The van der Waals surface area contributed by atoms with Crippen LogP contribution in [-0.4, -0.2) is 23.8 Å². The second-order valence-electron chi connectivity index (χ2n) is 3.69. The number of hydrogen-bond donors (Lipinski definition) is 0. The number of rotatable bonds is 3. The first-order chi connectivity index (χ1) is 9.08. The highest BCUT2D eigenvalue weighted by molar-refractivity contribution is 7.98. The number of esters is 1. The van der Waals surface area contributed by atoms with Crippen molar-refractivity contribution >= 4 is 51.8 Å². The minimum absolute atomic E-state index is 0.288. The maximum atomic E-state index is 12.0. The maximum Gasteiger partial charge on any atom is 0.342 e. The zero-order chi connectivity index (χ0) is 14.0. The number of carbonyl (C=O) groups is 1. The fraction of sp³-hybridized carbons (Fsp3) is 0.231. The van der Waals surface area contributed by atoms with Gasteiger partial charge in [0.05, 0.1) is 17.1 Å². The van der Waals surface area contributed by atoms with Crippen LogP contribution in [0, 0.1) is 0 Å². The Morgan fingerprint density at radius 3 is 2.79 bits per heavy atom. The Morgan fingerprint density at radius 1 is 1.42 bits per heavy atom. The standard InChI is InChI=1S/C13H11Cl2NO2S/c1-3-18-13(17)10-11(15)8-6-7(14)4-5-9(8)16-12(10)19-2/h4-6H,3H2,1-2H3. The van der Waals surface area contributed by atoms with Crippen molar-refractivity contribution in [1.82, 2.24) is 4.98 Å². The summed E-state index contributed by atoms with van der Waals surface area (Å²) in [5, 5.41) is 2.08. The number of ether oxygens (including phenoxy) is 1. The SMILES string of the molecule is CCOC(=O)c1c(SC)nc2ccc(Cl)cc2c1Cl. The van der Waals surface area contributed by atoms with Crippen molar-refractivity contribution in [3.63, 3.8) is 0 Å². The molecule has 2 aromatic rings. The molecule has 6 heteroatoms. The van der Waals surface area contributed by atoms with Crippen LogP contribution in [0.15, 0.2) is 23.2 Å². The predicted molar refractivity (Wildman–Crippen MR) is 79.5 cm³/mol. The van der Waals surface area contributed by atoms with Crippen LogP contribution in [0.5, 0.6) is 0 Å². The molecule has 0 aliphatic rings. The first-order valence-corrected chi connectivity index (χ1v) is 7.56. The first kappa shape index (κ1) is 14.4. The smallest absolute Gasteiger partial charge is 0.342 e. The molecule has 0 spiro atoms. The lowest BCUT2D eigenvalue weighted by atomic mass is 10.1.